The van der Waals surface area contributed by atoms with E-state index < -0.39 is 5.43 Å². The molecule has 0 saturated heterocycles. The Bertz CT molecular complexity index is 1150. The van der Waals surface area contributed by atoms with Gasteiger partial charge in [0.15, 0.2) is 5.43 Å². The van der Waals surface area contributed by atoms with Gasteiger partial charge in [-0.05, 0) is 0 Å². The van der Waals surface area contributed by atoms with Gasteiger partial charge in [-0.15, -0.1) is 0 Å². The minimum atomic E-state index is -0.439. The molecule has 0 saturated carbocycles. The highest BCUT2D eigenvalue weighted by molar-refractivity contribution is 6.62. The van der Waals surface area contributed by atoms with Crippen LogP contribution in [0.4, 0.5) is 0 Å². The molecule has 0 aliphatic carbocycles. The molecule has 0 aliphatic rings. The van der Waals surface area contributed by atoms with Crippen LogP contribution in [0.5, 0.6) is 0 Å². The van der Waals surface area contributed by atoms with Crippen LogP contribution >= 0.6 is 92.8 Å². The van der Waals surface area contributed by atoms with Crippen molar-refractivity contribution in [3.05, 3.63) is 50.4 Å². The van der Waals surface area contributed by atoms with Crippen molar-refractivity contribution < 1.29 is 0 Å². The molecule has 0 unspecified atom stereocenters. The first-order valence-electron chi connectivity index (χ1n) is 6.22. The summed E-state index contributed by atoms with van der Waals surface area (Å²) in [6, 6.07) is 0. The van der Waals surface area contributed by atoms with Gasteiger partial charge in [0.25, 0.3) is 0 Å². The van der Waals surface area contributed by atoms with Gasteiger partial charge in [-0.25, -0.2) is 0 Å². The van der Waals surface area contributed by atoms with Crippen molar-refractivity contribution in [3.8, 4) is 0 Å². The van der Waals surface area contributed by atoms with Crippen LogP contribution in [-0.2, 0) is 0 Å². The van der Waals surface area contributed by atoms with Crippen LogP contribution in [0.3, 0.4) is 0 Å². The predicted octanol–water partition coefficient (Wildman–Crippen LogP) is 8.61. The quantitative estimate of drug-likeness (QED) is 0.182. The summed E-state index contributed by atoms with van der Waals surface area (Å²) in [5, 5.41) is 2.21. The van der Waals surface area contributed by atoms with E-state index in [-0.39, 0.29) is 51.0 Å². The van der Waals surface area contributed by atoms with Crippen LogP contribution in [-0.4, -0.2) is 0 Å². The summed E-state index contributed by atoms with van der Waals surface area (Å²) in [5.74, 6) is 0. The van der Waals surface area contributed by atoms with Crippen LogP contribution in [0.1, 0.15) is 0 Å². The second kappa shape index (κ2) is 5.58. The minimum absolute atomic E-state index is 0.00706. The monoisotopic (exact) mass is 476 g/mol. The largest absolute Gasteiger partial charge is 0.288 e. The molecule has 4 aromatic carbocycles. The lowest BCUT2D eigenvalue weighted by Gasteiger charge is -2.14. The summed E-state index contributed by atoms with van der Waals surface area (Å²) >= 11 is 50.2. The van der Waals surface area contributed by atoms with Crippen molar-refractivity contribution in [2.75, 3.05) is 0 Å². The van der Waals surface area contributed by atoms with Crippen LogP contribution in [0.25, 0.3) is 32.3 Å². The molecular weight excluding hydrogens is 480 g/mol. The molecule has 9 heteroatoms. The van der Waals surface area contributed by atoms with Crippen molar-refractivity contribution in [1.29, 1.82) is 0 Å². The number of hydrogen-bond acceptors (Lipinski definition) is 1. The first-order chi connectivity index (χ1) is 11.2. The second-order valence-corrected chi connectivity index (χ2v) is 8.11. The van der Waals surface area contributed by atoms with Crippen molar-refractivity contribution in [2.45, 2.75) is 0 Å². The Morgan fingerprint density at radius 3 is 0.917 bits per heavy atom. The molecule has 4 aromatic rings. The molecule has 0 N–H and O–H groups in total. The fourth-order valence-electron chi connectivity index (χ4n) is 3.00. The molecular formula is C15Cl8O. The predicted molar refractivity (Wildman–Crippen MR) is 108 cm³/mol. The highest BCUT2D eigenvalue weighted by Crippen LogP contribution is 2.54. The summed E-state index contributed by atoms with van der Waals surface area (Å²) in [5.41, 5.74) is -0.439. The number of rotatable bonds is 0. The average molecular weight is 480 g/mol. The van der Waals surface area contributed by atoms with Crippen LogP contribution in [0.2, 0.25) is 40.2 Å². The normalized spacial score (nSPS) is 12.3. The standard InChI is InChI=1S/C15Cl8O/c16-7-3-1-2-4(8(7)17)10(19)14(23)12(21)6(2)15(24)5(1)11(20)13(22)9(3)18. The zero-order valence-corrected chi connectivity index (χ0v) is 17.0. The van der Waals surface area contributed by atoms with E-state index in [1.807, 2.05) is 0 Å². The molecule has 1 nitrogen and oxygen atoms in total. The topological polar surface area (TPSA) is 17.1 Å². The molecule has 0 atom stereocenters. The maximum atomic E-state index is 12.9. The maximum absolute atomic E-state index is 12.9. The molecule has 0 fully saturated rings. The van der Waals surface area contributed by atoms with Crippen LogP contribution < -0.4 is 5.43 Å². The lowest BCUT2D eigenvalue weighted by atomic mass is 10.0. The van der Waals surface area contributed by atoms with Gasteiger partial charge < -0.3 is 0 Å². The van der Waals surface area contributed by atoms with Crippen molar-refractivity contribution in [2.24, 2.45) is 0 Å². The Morgan fingerprint density at radius 1 is 0.333 bits per heavy atom. The number of halogens is 8. The average Bonchev–Trinajstić information content (AvgIpc) is 2.83. The molecule has 0 radical (unpaired) electrons. The Hall–Kier alpha value is 0.170. The van der Waals surface area contributed by atoms with Gasteiger partial charge in [0.05, 0.1) is 51.0 Å². The summed E-state index contributed by atoms with van der Waals surface area (Å²) < 4.78 is 0. The van der Waals surface area contributed by atoms with E-state index >= 15 is 0 Å². The summed E-state index contributed by atoms with van der Waals surface area (Å²) in [6.07, 6.45) is 0. The fourth-order valence-corrected chi connectivity index (χ4v) is 5.26. The highest BCUT2D eigenvalue weighted by Gasteiger charge is 2.30. The molecule has 0 amide bonds. The lowest BCUT2D eigenvalue weighted by molar-refractivity contribution is 1.81. The summed E-state index contributed by atoms with van der Waals surface area (Å²) in [7, 11) is 0. The Morgan fingerprint density at radius 2 is 0.583 bits per heavy atom. The highest BCUT2D eigenvalue weighted by atomic mass is 35.5. The van der Waals surface area contributed by atoms with E-state index in [9.17, 15) is 4.79 Å². The van der Waals surface area contributed by atoms with Gasteiger partial charge in [0.1, 0.15) is 0 Å². The van der Waals surface area contributed by atoms with E-state index in [1.165, 1.54) is 0 Å². The Balaban J connectivity index is 2.63. The van der Waals surface area contributed by atoms with E-state index in [4.69, 9.17) is 92.8 Å². The molecule has 0 aliphatic heterocycles. The van der Waals surface area contributed by atoms with Gasteiger partial charge in [0, 0.05) is 21.5 Å². The lowest BCUT2D eigenvalue weighted by Crippen LogP contribution is -1.96. The molecule has 0 aromatic heterocycles. The van der Waals surface area contributed by atoms with Gasteiger partial charge in [0.2, 0.25) is 0 Å². The van der Waals surface area contributed by atoms with E-state index in [0.717, 1.165) is 0 Å². The maximum Gasteiger partial charge on any atom is 0.197 e. The van der Waals surface area contributed by atoms with Crippen LogP contribution in [0.15, 0.2) is 4.79 Å². The third kappa shape index (κ3) is 1.91. The summed E-state index contributed by atoms with van der Waals surface area (Å²) in [6.45, 7) is 0. The van der Waals surface area contributed by atoms with E-state index in [0.29, 0.717) is 21.5 Å². The SMILES string of the molecule is O=c1c2c(Cl)c(Cl)c(Cl)c3c(Cl)c(Cl)c4c(Cl)c(Cl)c(Cl)c1c4c32. The zero-order chi connectivity index (χ0) is 17.7. The third-order valence-corrected chi connectivity index (χ3v) is 7.49. The Kier molecular flexibility index (Phi) is 4.09. The first kappa shape index (κ1) is 17.6. The van der Waals surface area contributed by atoms with Gasteiger partial charge in [-0.2, -0.15) is 0 Å². The minimum Gasteiger partial charge on any atom is -0.288 e. The Labute approximate surface area is 174 Å². The zero-order valence-electron chi connectivity index (χ0n) is 10.9. The molecule has 4 rings (SSSR count). The van der Waals surface area contributed by atoms with E-state index in [1.54, 1.807) is 0 Å². The van der Waals surface area contributed by atoms with Crippen molar-refractivity contribution in [3.63, 3.8) is 0 Å². The smallest absolute Gasteiger partial charge is 0.197 e. The third-order valence-electron chi connectivity index (χ3n) is 3.98. The van der Waals surface area contributed by atoms with Crippen molar-refractivity contribution >= 4 is 125 Å². The van der Waals surface area contributed by atoms with Gasteiger partial charge >= 0.3 is 0 Å². The molecule has 0 bridgehead atoms. The van der Waals surface area contributed by atoms with Crippen molar-refractivity contribution in [1.82, 2.24) is 0 Å². The summed E-state index contributed by atoms with van der Waals surface area (Å²) in [4.78, 5) is 12.9. The molecule has 24 heavy (non-hydrogen) atoms. The number of benzene rings is 3. The van der Waals surface area contributed by atoms with Crippen LogP contribution in [0, 0.1) is 0 Å². The van der Waals surface area contributed by atoms with Gasteiger partial charge in [-0.3, -0.25) is 4.79 Å². The fraction of sp³-hybridized carbons (Fsp3) is 0. The number of hydrogen-bond donors (Lipinski definition) is 0. The molecule has 0 spiro atoms. The molecule has 122 valence electrons. The first-order valence-corrected chi connectivity index (χ1v) is 9.24. The second-order valence-electron chi connectivity index (χ2n) is 5.09. The van der Waals surface area contributed by atoms with Gasteiger partial charge in [-0.1, -0.05) is 92.8 Å². The van der Waals surface area contributed by atoms with E-state index in [2.05, 4.69) is 0 Å². The molecule has 0 heterocycles.